The number of benzene rings is 8. The minimum Gasteiger partial charge on any atom is -0.309 e. The third-order valence-electron chi connectivity index (χ3n) is 10.5. The van der Waals surface area contributed by atoms with Gasteiger partial charge < -0.3 is 4.57 Å². The van der Waals surface area contributed by atoms with E-state index in [1.807, 2.05) is 12.1 Å². The summed E-state index contributed by atoms with van der Waals surface area (Å²) in [5.74, 6) is 0.659. The molecule has 0 aliphatic rings. The van der Waals surface area contributed by atoms with Gasteiger partial charge >= 0.3 is 0 Å². The summed E-state index contributed by atoms with van der Waals surface area (Å²) in [4.78, 5) is 10.6. The molecule has 0 aliphatic carbocycles. The van der Waals surface area contributed by atoms with Gasteiger partial charge in [-0.15, -0.1) is 0 Å². The monoisotopic (exact) mass is 662 g/mol. The fraction of sp³-hybridized carbons (Fsp3) is 0. The van der Waals surface area contributed by atoms with E-state index < -0.39 is 0 Å². The molecule has 0 saturated carbocycles. The van der Waals surface area contributed by atoms with E-state index in [9.17, 15) is 0 Å². The molecule has 0 fully saturated rings. The van der Waals surface area contributed by atoms with Crippen molar-refractivity contribution in [1.29, 1.82) is 0 Å². The Kier molecular flexibility index (Phi) is 6.22. The number of fused-ring (bicyclic) bond motifs is 9. The van der Waals surface area contributed by atoms with Crippen LogP contribution in [0.3, 0.4) is 0 Å². The molecule has 11 aromatic rings. The zero-order chi connectivity index (χ0) is 34.2. The van der Waals surface area contributed by atoms with E-state index in [0.717, 1.165) is 44.4 Å². The third-order valence-corrected chi connectivity index (χ3v) is 10.5. The van der Waals surface area contributed by atoms with Crippen LogP contribution in [0.4, 0.5) is 0 Å². The predicted molar refractivity (Wildman–Crippen MR) is 217 cm³/mol. The highest BCUT2D eigenvalue weighted by atomic mass is 15.2. The summed E-state index contributed by atoms with van der Waals surface area (Å²) in [6, 6.07) is 64.8. The van der Waals surface area contributed by atoms with Crippen LogP contribution in [0.15, 0.2) is 182 Å². The Morgan fingerprint density at radius 3 is 1.58 bits per heavy atom. The van der Waals surface area contributed by atoms with Crippen LogP contribution in [0.1, 0.15) is 0 Å². The molecule has 3 aromatic heterocycles. The zero-order valence-electron chi connectivity index (χ0n) is 28.1. The first-order chi connectivity index (χ1) is 25.8. The zero-order valence-corrected chi connectivity index (χ0v) is 28.1. The highest BCUT2D eigenvalue weighted by molar-refractivity contribution is 6.24. The van der Waals surface area contributed by atoms with Gasteiger partial charge in [0.1, 0.15) is 0 Å². The van der Waals surface area contributed by atoms with Crippen LogP contribution in [0, 0.1) is 0 Å². The van der Waals surface area contributed by atoms with Gasteiger partial charge in [0, 0.05) is 38.2 Å². The maximum Gasteiger partial charge on any atom is 0.235 e. The quantitative estimate of drug-likeness (QED) is 0.188. The molecular formula is C48H30N4. The fourth-order valence-corrected chi connectivity index (χ4v) is 8.26. The molecule has 0 spiro atoms. The van der Waals surface area contributed by atoms with Crippen molar-refractivity contribution in [2.75, 3.05) is 0 Å². The molecule has 0 aliphatic heterocycles. The lowest BCUT2D eigenvalue weighted by Crippen LogP contribution is -2.03. The van der Waals surface area contributed by atoms with Crippen molar-refractivity contribution in [1.82, 2.24) is 19.1 Å². The molecule has 0 bridgehead atoms. The second-order valence-electron chi connectivity index (χ2n) is 13.4. The van der Waals surface area contributed by atoms with Crippen LogP contribution < -0.4 is 0 Å². The molecular weight excluding hydrogens is 633 g/mol. The van der Waals surface area contributed by atoms with Crippen molar-refractivity contribution in [3.63, 3.8) is 0 Å². The largest absolute Gasteiger partial charge is 0.309 e. The highest BCUT2D eigenvalue weighted by Crippen LogP contribution is 2.42. The van der Waals surface area contributed by atoms with E-state index in [4.69, 9.17) is 9.97 Å². The molecule has 4 heteroatoms. The topological polar surface area (TPSA) is 35.6 Å². The number of para-hydroxylation sites is 4. The summed E-state index contributed by atoms with van der Waals surface area (Å²) in [5, 5.41) is 8.37. The molecule has 0 saturated heterocycles. The average molecular weight is 663 g/mol. The van der Waals surface area contributed by atoms with Gasteiger partial charge in [0.15, 0.2) is 0 Å². The Labute approximate surface area is 299 Å². The van der Waals surface area contributed by atoms with Gasteiger partial charge in [0.25, 0.3) is 0 Å². The van der Waals surface area contributed by atoms with Crippen molar-refractivity contribution in [3.8, 4) is 34.0 Å². The number of hydrogen-bond donors (Lipinski definition) is 0. The molecule has 0 atom stereocenters. The minimum atomic E-state index is 0.659. The van der Waals surface area contributed by atoms with Crippen LogP contribution in [0.25, 0.3) is 99.3 Å². The van der Waals surface area contributed by atoms with Gasteiger partial charge in [-0.1, -0.05) is 140 Å². The number of rotatable bonds is 4. The Morgan fingerprint density at radius 1 is 0.346 bits per heavy atom. The fourth-order valence-electron chi connectivity index (χ4n) is 8.26. The Bertz CT molecular complexity index is 3120. The van der Waals surface area contributed by atoms with Gasteiger partial charge in [-0.3, -0.25) is 4.57 Å². The summed E-state index contributed by atoms with van der Waals surface area (Å²) < 4.78 is 4.63. The number of aromatic nitrogens is 4. The lowest BCUT2D eigenvalue weighted by molar-refractivity contribution is 1.01. The lowest BCUT2D eigenvalue weighted by Gasteiger charge is -2.14. The molecule has 4 nitrogen and oxygen atoms in total. The third kappa shape index (κ3) is 4.21. The minimum absolute atomic E-state index is 0.659. The van der Waals surface area contributed by atoms with Crippen molar-refractivity contribution in [3.05, 3.63) is 182 Å². The molecule has 8 aromatic carbocycles. The lowest BCUT2D eigenvalue weighted by atomic mass is 9.94. The first kappa shape index (κ1) is 28.8. The summed E-state index contributed by atoms with van der Waals surface area (Å²) >= 11 is 0. The SMILES string of the molecule is c1ccc(-c2nc(-n3c4ccccc4c4c5ccccc5c(-c5ccc(-n6c7ccccc7c7ccccc76)cc5)cc43)nc3ccccc23)cc1. The van der Waals surface area contributed by atoms with Gasteiger partial charge in [-0.2, -0.15) is 0 Å². The van der Waals surface area contributed by atoms with E-state index in [2.05, 4.69) is 179 Å². The maximum atomic E-state index is 5.34. The van der Waals surface area contributed by atoms with Crippen LogP contribution >= 0.6 is 0 Å². The Morgan fingerprint density at radius 2 is 0.885 bits per heavy atom. The first-order valence-electron chi connectivity index (χ1n) is 17.7. The normalized spacial score (nSPS) is 11.8. The van der Waals surface area contributed by atoms with Crippen molar-refractivity contribution in [2.45, 2.75) is 0 Å². The Hall–Kier alpha value is -7.04. The van der Waals surface area contributed by atoms with E-state index >= 15 is 0 Å². The first-order valence-corrected chi connectivity index (χ1v) is 17.7. The van der Waals surface area contributed by atoms with Gasteiger partial charge in [0.2, 0.25) is 5.95 Å². The predicted octanol–water partition coefficient (Wildman–Crippen LogP) is 12.3. The second kappa shape index (κ2) is 11.2. The van der Waals surface area contributed by atoms with Crippen LogP contribution in [-0.2, 0) is 0 Å². The number of hydrogen-bond acceptors (Lipinski definition) is 2. The molecule has 0 amide bonds. The van der Waals surface area contributed by atoms with Gasteiger partial charge in [0.05, 0.1) is 33.3 Å². The van der Waals surface area contributed by atoms with Gasteiger partial charge in [-0.25, -0.2) is 9.97 Å². The van der Waals surface area contributed by atoms with Crippen molar-refractivity contribution in [2.24, 2.45) is 0 Å². The van der Waals surface area contributed by atoms with Crippen LogP contribution in [-0.4, -0.2) is 19.1 Å². The molecule has 11 rings (SSSR count). The summed E-state index contributed by atoms with van der Waals surface area (Å²) in [6.45, 7) is 0. The molecule has 3 heterocycles. The van der Waals surface area contributed by atoms with E-state index in [1.54, 1.807) is 0 Å². The maximum absolute atomic E-state index is 5.34. The number of nitrogens with zero attached hydrogens (tertiary/aromatic N) is 4. The molecule has 0 N–H and O–H groups in total. The smallest absolute Gasteiger partial charge is 0.235 e. The van der Waals surface area contributed by atoms with E-state index in [0.29, 0.717) is 5.95 Å². The van der Waals surface area contributed by atoms with Crippen LogP contribution in [0.2, 0.25) is 0 Å². The van der Waals surface area contributed by atoms with Crippen molar-refractivity contribution < 1.29 is 0 Å². The van der Waals surface area contributed by atoms with Crippen LogP contribution in [0.5, 0.6) is 0 Å². The van der Waals surface area contributed by atoms with E-state index in [-0.39, 0.29) is 0 Å². The molecule has 52 heavy (non-hydrogen) atoms. The summed E-state index contributed by atoms with van der Waals surface area (Å²) in [7, 11) is 0. The molecule has 0 unspecified atom stereocenters. The highest BCUT2D eigenvalue weighted by Gasteiger charge is 2.21. The second-order valence-corrected chi connectivity index (χ2v) is 13.4. The summed E-state index contributed by atoms with van der Waals surface area (Å²) in [6.07, 6.45) is 0. The van der Waals surface area contributed by atoms with Gasteiger partial charge in [-0.05, 0) is 64.4 Å². The Balaban J connectivity index is 1.17. The van der Waals surface area contributed by atoms with E-state index in [1.165, 1.54) is 48.9 Å². The average Bonchev–Trinajstić information content (AvgIpc) is 3.74. The standard InChI is InChI=1S/C48H30N4/c1-2-14-32(15-3-1)47-38-20-6-10-22-41(38)49-48(50-47)52-44-25-13-9-21-39(44)46-37-19-5-4-16-34(37)40(30-45(46)52)31-26-28-33(29-27-31)51-42-23-11-7-17-35(42)36-18-8-12-24-43(36)51/h1-30H. The molecule has 0 radical (unpaired) electrons. The summed E-state index contributed by atoms with van der Waals surface area (Å²) in [5.41, 5.74) is 10.9. The van der Waals surface area contributed by atoms with Crippen molar-refractivity contribution >= 4 is 65.3 Å². The molecule has 242 valence electrons.